The molecule has 5 heteroatoms. The van der Waals surface area contributed by atoms with Crippen molar-refractivity contribution in [1.82, 2.24) is 10.2 Å². The van der Waals surface area contributed by atoms with Crippen LogP contribution >= 0.6 is 11.8 Å². The SMILES string of the molecule is CCCNC(=O)[C@@H](C)N(Cc1ccc(C)cc1)C(=O)CCSc1ccccc1. The Kier molecular flexibility index (Phi) is 9.08. The first-order chi connectivity index (χ1) is 13.5. The molecule has 0 saturated heterocycles. The van der Waals surface area contributed by atoms with Crippen molar-refractivity contribution in [3.05, 3.63) is 65.7 Å². The van der Waals surface area contributed by atoms with Gasteiger partial charge in [0.1, 0.15) is 6.04 Å². The summed E-state index contributed by atoms with van der Waals surface area (Å²) in [6.45, 7) is 6.92. The van der Waals surface area contributed by atoms with Crippen molar-refractivity contribution in [3.8, 4) is 0 Å². The maximum Gasteiger partial charge on any atom is 0.242 e. The van der Waals surface area contributed by atoms with Crippen molar-refractivity contribution >= 4 is 23.6 Å². The van der Waals surface area contributed by atoms with Crippen LogP contribution in [-0.4, -0.2) is 35.1 Å². The smallest absolute Gasteiger partial charge is 0.242 e. The van der Waals surface area contributed by atoms with Gasteiger partial charge in [-0.3, -0.25) is 9.59 Å². The van der Waals surface area contributed by atoms with E-state index in [4.69, 9.17) is 0 Å². The number of nitrogens with one attached hydrogen (secondary N) is 1. The van der Waals surface area contributed by atoms with E-state index < -0.39 is 6.04 Å². The van der Waals surface area contributed by atoms with Crippen LogP contribution in [0.4, 0.5) is 0 Å². The molecule has 2 aromatic rings. The topological polar surface area (TPSA) is 49.4 Å². The minimum absolute atomic E-state index is 0.00292. The monoisotopic (exact) mass is 398 g/mol. The molecule has 0 fully saturated rings. The second kappa shape index (κ2) is 11.5. The van der Waals surface area contributed by atoms with Crippen molar-refractivity contribution in [2.75, 3.05) is 12.3 Å². The fraction of sp³-hybridized carbons (Fsp3) is 0.391. The number of carbonyl (C=O) groups is 2. The molecule has 0 spiro atoms. The molecule has 0 aromatic heterocycles. The summed E-state index contributed by atoms with van der Waals surface area (Å²) in [5.41, 5.74) is 2.21. The Morgan fingerprint density at radius 2 is 1.75 bits per heavy atom. The minimum atomic E-state index is -0.498. The van der Waals surface area contributed by atoms with Gasteiger partial charge in [-0.25, -0.2) is 0 Å². The zero-order chi connectivity index (χ0) is 20.4. The molecule has 2 rings (SSSR count). The Balaban J connectivity index is 2.03. The van der Waals surface area contributed by atoms with Gasteiger partial charge in [-0.15, -0.1) is 11.8 Å². The van der Waals surface area contributed by atoms with Crippen LogP contribution in [0.5, 0.6) is 0 Å². The number of nitrogens with zero attached hydrogens (tertiary/aromatic N) is 1. The van der Waals surface area contributed by atoms with Gasteiger partial charge in [0, 0.05) is 30.2 Å². The van der Waals surface area contributed by atoms with Crippen molar-refractivity contribution in [1.29, 1.82) is 0 Å². The van der Waals surface area contributed by atoms with Crippen molar-refractivity contribution in [2.45, 2.75) is 51.1 Å². The molecule has 0 aliphatic heterocycles. The highest BCUT2D eigenvalue weighted by molar-refractivity contribution is 7.99. The van der Waals surface area contributed by atoms with Crippen LogP contribution in [-0.2, 0) is 16.1 Å². The van der Waals surface area contributed by atoms with Crippen LogP contribution in [0.15, 0.2) is 59.5 Å². The largest absolute Gasteiger partial charge is 0.354 e. The second-order valence-corrected chi connectivity index (χ2v) is 8.05. The van der Waals surface area contributed by atoms with E-state index in [0.29, 0.717) is 25.3 Å². The van der Waals surface area contributed by atoms with E-state index in [2.05, 4.69) is 5.32 Å². The first-order valence-corrected chi connectivity index (χ1v) is 10.8. The van der Waals surface area contributed by atoms with E-state index in [1.54, 1.807) is 23.6 Å². The molecule has 0 aliphatic carbocycles. The first-order valence-electron chi connectivity index (χ1n) is 9.81. The highest BCUT2D eigenvalue weighted by Gasteiger charge is 2.25. The van der Waals surface area contributed by atoms with Gasteiger partial charge in [-0.05, 0) is 38.0 Å². The molecule has 150 valence electrons. The number of hydrogen-bond acceptors (Lipinski definition) is 3. The van der Waals surface area contributed by atoms with E-state index >= 15 is 0 Å². The zero-order valence-corrected chi connectivity index (χ0v) is 17.8. The van der Waals surface area contributed by atoms with Crippen LogP contribution in [0.25, 0.3) is 0 Å². The quantitative estimate of drug-likeness (QED) is 0.603. The number of thioether (sulfide) groups is 1. The van der Waals surface area contributed by atoms with Gasteiger partial charge >= 0.3 is 0 Å². The van der Waals surface area contributed by atoms with Gasteiger partial charge in [0.05, 0.1) is 0 Å². The number of carbonyl (C=O) groups excluding carboxylic acids is 2. The highest BCUT2D eigenvalue weighted by Crippen LogP contribution is 2.19. The van der Waals surface area contributed by atoms with Gasteiger partial charge in [-0.2, -0.15) is 0 Å². The number of benzene rings is 2. The highest BCUT2D eigenvalue weighted by atomic mass is 32.2. The molecule has 2 aromatic carbocycles. The van der Waals surface area contributed by atoms with Crippen LogP contribution in [0, 0.1) is 6.92 Å². The summed E-state index contributed by atoms with van der Waals surface area (Å²) in [5.74, 6) is 0.595. The minimum Gasteiger partial charge on any atom is -0.354 e. The van der Waals surface area contributed by atoms with Crippen molar-refractivity contribution in [3.63, 3.8) is 0 Å². The third-order valence-electron chi connectivity index (χ3n) is 4.52. The molecule has 0 saturated carbocycles. The number of hydrogen-bond donors (Lipinski definition) is 1. The normalized spacial score (nSPS) is 11.7. The molecule has 1 atom stereocenters. The molecule has 0 bridgehead atoms. The van der Waals surface area contributed by atoms with Gasteiger partial charge in [0.15, 0.2) is 0 Å². The van der Waals surface area contributed by atoms with Crippen LogP contribution in [0.2, 0.25) is 0 Å². The molecule has 0 radical (unpaired) electrons. The van der Waals surface area contributed by atoms with Crippen molar-refractivity contribution < 1.29 is 9.59 Å². The Bertz CT molecular complexity index is 747. The van der Waals surface area contributed by atoms with E-state index in [1.165, 1.54) is 5.56 Å². The van der Waals surface area contributed by atoms with E-state index in [-0.39, 0.29) is 11.8 Å². The summed E-state index contributed by atoms with van der Waals surface area (Å²) in [4.78, 5) is 28.3. The van der Waals surface area contributed by atoms with E-state index in [0.717, 1.165) is 16.9 Å². The standard InChI is InChI=1S/C23H30N2O2S/c1-4-15-24-23(27)19(3)25(17-20-12-10-18(2)11-13-20)22(26)14-16-28-21-8-6-5-7-9-21/h5-13,19H,4,14-17H2,1-3H3,(H,24,27)/t19-/m1/s1. The lowest BCUT2D eigenvalue weighted by Gasteiger charge is -2.29. The number of amides is 2. The Hall–Kier alpha value is -2.27. The molecule has 0 aliphatic rings. The van der Waals surface area contributed by atoms with E-state index in [9.17, 15) is 9.59 Å². The summed E-state index contributed by atoms with van der Waals surface area (Å²) < 4.78 is 0. The molecule has 1 N–H and O–H groups in total. The average Bonchev–Trinajstić information content (AvgIpc) is 2.71. The van der Waals surface area contributed by atoms with Gasteiger partial charge in [0.2, 0.25) is 11.8 Å². The summed E-state index contributed by atoms with van der Waals surface area (Å²) in [6, 6.07) is 17.7. The van der Waals surface area contributed by atoms with Gasteiger partial charge in [0.25, 0.3) is 0 Å². The predicted molar refractivity (Wildman–Crippen MR) is 116 cm³/mol. The molecular weight excluding hydrogens is 368 g/mol. The summed E-state index contributed by atoms with van der Waals surface area (Å²) in [7, 11) is 0. The molecule has 28 heavy (non-hydrogen) atoms. The number of aryl methyl sites for hydroxylation is 1. The third kappa shape index (κ3) is 7.04. The van der Waals surface area contributed by atoms with E-state index in [1.807, 2.05) is 68.4 Å². The lowest BCUT2D eigenvalue weighted by Crippen LogP contribution is -2.47. The predicted octanol–water partition coefficient (Wildman–Crippen LogP) is 4.42. The Morgan fingerprint density at radius 3 is 2.39 bits per heavy atom. The lowest BCUT2D eigenvalue weighted by atomic mass is 10.1. The molecule has 0 heterocycles. The van der Waals surface area contributed by atoms with Crippen molar-refractivity contribution in [2.24, 2.45) is 0 Å². The van der Waals surface area contributed by atoms with Crippen LogP contribution in [0.1, 0.15) is 37.8 Å². The summed E-state index contributed by atoms with van der Waals surface area (Å²) in [6.07, 6.45) is 1.27. The van der Waals surface area contributed by atoms with Gasteiger partial charge in [-0.1, -0.05) is 55.0 Å². The van der Waals surface area contributed by atoms with Crippen LogP contribution in [0.3, 0.4) is 0 Å². The lowest BCUT2D eigenvalue weighted by molar-refractivity contribution is -0.140. The zero-order valence-electron chi connectivity index (χ0n) is 17.0. The second-order valence-electron chi connectivity index (χ2n) is 6.89. The fourth-order valence-corrected chi connectivity index (χ4v) is 3.65. The van der Waals surface area contributed by atoms with Gasteiger partial charge < -0.3 is 10.2 Å². The molecule has 0 unspecified atom stereocenters. The Labute approximate surface area is 172 Å². The first kappa shape index (κ1) is 22.0. The van der Waals surface area contributed by atoms with Crippen LogP contribution < -0.4 is 5.32 Å². The molecular formula is C23H30N2O2S. The third-order valence-corrected chi connectivity index (χ3v) is 5.53. The summed E-state index contributed by atoms with van der Waals surface area (Å²) >= 11 is 1.66. The average molecular weight is 399 g/mol. The number of rotatable bonds is 10. The fourth-order valence-electron chi connectivity index (χ4n) is 2.79. The summed E-state index contributed by atoms with van der Waals surface area (Å²) in [5, 5.41) is 2.91. The Morgan fingerprint density at radius 1 is 1.07 bits per heavy atom. The maximum absolute atomic E-state index is 13.0. The molecule has 2 amide bonds. The maximum atomic E-state index is 13.0. The molecule has 4 nitrogen and oxygen atoms in total.